The number of hydrazone groups is 1. The highest BCUT2D eigenvalue weighted by Crippen LogP contribution is 2.11. The van der Waals surface area contributed by atoms with Gasteiger partial charge in [0, 0.05) is 18.0 Å². The summed E-state index contributed by atoms with van der Waals surface area (Å²) in [5.74, 6) is 0.605. The molecule has 108 valence electrons. The Morgan fingerprint density at radius 1 is 1.29 bits per heavy atom. The predicted octanol–water partition coefficient (Wildman–Crippen LogP) is 2.17. The van der Waals surface area contributed by atoms with E-state index in [0.717, 1.165) is 16.9 Å². The van der Waals surface area contributed by atoms with Crippen molar-refractivity contribution in [3.8, 4) is 5.75 Å². The molecule has 0 radical (unpaired) electrons. The first-order chi connectivity index (χ1) is 10.2. The molecule has 0 aliphatic rings. The fraction of sp³-hybridized carbons (Fsp3) is 0.188. The van der Waals surface area contributed by atoms with Crippen molar-refractivity contribution >= 4 is 11.6 Å². The van der Waals surface area contributed by atoms with Crippen LogP contribution in [0.1, 0.15) is 18.1 Å². The number of rotatable bonds is 5. The predicted molar refractivity (Wildman–Crippen MR) is 81.3 cm³/mol. The maximum atomic E-state index is 11.8. The number of methoxy groups -OCH3 is 1. The van der Waals surface area contributed by atoms with E-state index in [-0.39, 0.29) is 12.3 Å². The molecule has 2 rings (SSSR count). The Labute approximate surface area is 123 Å². The van der Waals surface area contributed by atoms with Gasteiger partial charge in [-0.05, 0) is 30.7 Å². The van der Waals surface area contributed by atoms with E-state index >= 15 is 0 Å². The van der Waals surface area contributed by atoms with Crippen molar-refractivity contribution in [2.45, 2.75) is 13.3 Å². The van der Waals surface area contributed by atoms with Crippen LogP contribution < -0.4 is 10.2 Å². The van der Waals surface area contributed by atoms with Crippen molar-refractivity contribution in [2.24, 2.45) is 5.10 Å². The number of hydrogen-bond donors (Lipinski definition) is 1. The third-order valence-electron chi connectivity index (χ3n) is 2.95. The number of hydrogen-bond acceptors (Lipinski definition) is 4. The monoisotopic (exact) mass is 283 g/mol. The molecule has 21 heavy (non-hydrogen) atoms. The second-order valence-electron chi connectivity index (χ2n) is 4.50. The number of aromatic nitrogens is 1. The number of nitrogens with zero attached hydrogens (tertiary/aromatic N) is 2. The molecule has 0 aliphatic heterocycles. The first-order valence-corrected chi connectivity index (χ1v) is 6.55. The molecule has 1 N–H and O–H groups in total. The summed E-state index contributed by atoms with van der Waals surface area (Å²) in [5, 5.41) is 4.08. The molecule has 0 unspecified atom stereocenters. The van der Waals surface area contributed by atoms with E-state index in [1.165, 1.54) is 0 Å². The molecule has 0 saturated carbocycles. The van der Waals surface area contributed by atoms with Gasteiger partial charge in [0.05, 0.1) is 19.2 Å². The number of nitrogens with one attached hydrogen (secondary N) is 1. The van der Waals surface area contributed by atoms with E-state index in [0.29, 0.717) is 5.71 Å². The fourth-order valence-corrected chi connectivity index (χ4v) is 1.76. The molecular weight excluding hydrogens is 266 g/mol. The van der Waals surface area contributed by atoms with Crippen molar-refractivity contribution < 1.29 is 9.53 Å². The number of benzene rings is 1. The third kappa shape index (κ3) is 4.42. The zero-order chi connectivity index (χ0) is 15.1. The van der Waals surface area contributed by atoms with Gasteiger partial charge in [0.25, 0.3) is 0 Å². The first kappa shape index (κ1) is 14.7. The Morgan fingerprint density at radius 2 is 2.05 bits per heavy atom. The van der Waals surface area contributed by atoms with Crippen LogP contribution in [-0.2, 0) is 11.2 Å². The van der Waals surface area contributed by atoms with E-state index in [9.17, 15) is 4.79 Å². The van der Waals surface area contributed by atoms with Crippen molar-refractivity contribution in [3.63, 3.8) is 0 Å². The van der Waals surface area contributed by atoms with Gasteiger partial charge in [-0.1, -0.05) is 18.2 Å². The lowest BCUT2D eigenvalue weighted by Gasteiger charge is -2.04. The quantitative estimate of drug-likeness (QED) is 0.675. The third-order valence-corrected chi connectivity index (χ3v) is 2.95. The minimum atomic E-state index is -0.164. The van der Waals surface area contributed by atoms with Gasteiger partial charge >= 0.3 is 0 Å². The summed E-state index contributed by atoms with van der Waals surface area (Å²) in [6.07, 6.45) is 3.67. The van der Waals surface area contributed by atoms with Crippen LogP contribution in [0.3, 0.4) is 0 Å². The molecule has 1 amide bonds. The summed E-state index contributed by atoms with van der Waals surface area (Å²) >= 11 is 0. The largest absolute Gasteiger partial charge is 0.497 e. The highest BCUT2D eigenvalue weighted by atomic mass is 16.5. The van der Waals surface area contributed by atoms with E-state index in [4.69, 9.17) is 4.74 Å². The summed E-state index contributed by atoms with van der Waals surface area (Å²) in [6, 6.07) is 11.1. The van der Waals surface area contributed by atoms with Gasteiger partial charge in [-0.2, -0.15) is 5.10 Å². The van der Waals surface area contributed by atoms with Gasteiger partial charge in [-0.3, -0.25) is 9.78 Å². The van der Waals surface area contributed by atoms with Crippen LogP contribution in [0.5, 0.6) is 5.75 Å². The minimum absolute atomic E-state index is 0.164. The SMILES string of the molecule is COc1ccc(CC(=O)N/N=C(\C)c2cccnc2)cc1. The van der Waals surface area contributed by atoms with Crippen LogP contribution >= 0.6 is 0 Å². The van der Waals surface area contributed by atoms with Crippen LogP contribution in [0.2, 0.25) is 0 Å². The minimum Gasteiger partial charge on any atom is -0.497 e. The van der Waals surface area contributed by atoms with E-state index in [2.05, 4.69) is 15.5 Å². The topological polar surface area (TPSA) is 63.6 Å². The molecule has 1 heterocycles. The summed E-state index contributed by atoms with van der Waals surface area (Å²) in [7, 11) is 1.61. The lowest BCUT2D eigenvalue weighted by molar-refractivity contribution is -0.120. The fourth-order valence-electron chi connectivity index (χ4n) is 1.76. The van der Waals surface area contributed by atoms with Gasteiger partial charge in [0.2, 0.25) is 5.91 Å². The summed E-state index contributed by atoms with van der Waals surface area (Å²) in [5.41, 5.74) is 5.04. The smallest absolute Gasteiger partial charge is 0.244 e. The summed E-state index contributed by atoms with van der Waals surface area (Å²) < 4.78 is 5.07. The highest BCUT2D eigenvalue weighted by molar-refractivity contribution is 5.98. The van der Waals surface area contributed by atoms with Crippen molar-refractivity contribution in [2.75, 3.05) is 7.11 Å². The van der Waals surface area contributed by atoms with E-state index in [1.807, 2.05) is 43.3 Å². The second kappa shape index (κ2) is 7.19. The molecule has 1 aromatic heterocycles. The van der Waals surface area contributed by atoms with E-state index in [1.54, 1.807) is 19.5 Å². The van der Waals surface area contributed by atoms with Gasteiger partial charge in [0.1, 0.15) is 5.75 Å². The second-order valence-corrected chi connectivity index (χ2v) is 4.50. The zero-order valence-electron chi connectivity index (χ0n) is 12.0. The van der Waals surface area contributed by atoms with Crippen LogP contribution in [0.25, 0.3) is 0 Å². The number of amides is 1. The molecule has 0 saturated heterocycles. The highest BCUT2D eigenvalue weighted by Gasteiger charge is 2.03. The summed E-state index contributed by atoms with van der Waals surface area (Å²) in [6.45, 7) is 1.82. The molecule has 0 fully saturated rings. The van der Waals surface area contributed by atoms with Crippen molar-refractivity contribution in [1.29, 1.82) is 0 Å². The van der Waals surface area contributed by atoms with Gasteiger partial charge in [-0.15, -0.1) is 0 Å². The van der Waals surface area contributed by atoms with Crippen LogP contribution in [0, 0.1) is 0 Å². The Bertz CT molecular complexity index is 622. The zero-order valence-corrected chi connectivity index (χ0v) is 12.0. The van der Waals surface area contributed by atoms with Gasteiger partial charge in [0.15, 0.2) is 0 Å². The Balaban J connectivity index is 1.92. The average molecular weight is 283 g/mol. The molecule has 0 spiro atoms. The standard InChI is InChI=1S/C16H17N3O2/c1-12(14-4-3-9-17-11-14)18-19-16(20)10-13-5-7-15(21-2)8-6-13/h3-9,11H,10H2,1-2H3,(H,19,20)/b18-12+. The number of pyridine rings is 1. The molecule has 0 aliphatic carbocycles. The van der Waals surface area contributed by atoms with Crippen LogP contribution in [0.15, 0.2) is 53.9 Å². The molecule has 5 nitrogen and oxygen atoms in total. The first-order valence-electron chi connectivity index (χ1n) is 6.55. The lowest BCUT2D eigenvalue weighted by Crippen LogP contribution is -2.21. The van der Waals surface area contributed by atoms with Crippen LogP contribution in [0.4, 0.5) is 0 Å². The normalized spacial score (nSPS) is 11.0. The molecule has 5 heteroatoms. The molecule has 0 atom stereocenters. The maximum absolute atomic E-state index is 11.8. The van der Waals surface area contributed by atoms with Gasteiger partial charge < -0.3 is 4.74 Å². The number of carbonyl (C=O) groups is 1. The Hall–Kier alpha value is -2.69. The lowest BCUT2D eigenvalue weighted by atomic mass is 10.1. The van der Waals surface area contributed by atoms with Crippen molar-refractivity contribution in [1.82, 2.24) is 10.4 Å². The van der Waals surface area contributed by atoms with Crippen molar-refractivity contribution in [3.05, 3.63) is 59.9 Å². The Kier molecular flexibility index (Phi) is 5.04. The van der Waals surface area contributed by atoms with Gasteiger partial charge in [-0.25, -0.2) is 5.43 Å². The summed E-state index contributed by atoms with van der Waals surface area (Å²) in [4.78, 5) is 15.8. The number of ether oxygens (including phenoxy) is 1. The van der Waals surface area contributed by atoms with E-state index < -0.39 is 0 Å². The molecule has 0 bridgehead atoms. The molecule has 2 aromatic rings. The Morgan fingerprint density at radius 3 is 2.67 bits per heavy atom. The van der Waals surface area contributed by atoms with Crippen LogP contribution in [-0.4, -0.2) is 23.7 Å². The number of carbonyl (C=O) groups excluding carboxylic acids is 1. The average Bonchev–Trinajstić information content (AvgIpc) is 2.54. The molecule has 1 aromatic carbocycles. The maximum Gasteiger partial charge on any atom is 0.244 e. The molecular formula is C16H17N3O2.